The highest BCUT2D eigenvalue weighted by Gasteiger charge is 2.24. The average Bonchev–Trinajstić information content (AvgIpc) is 2.85. The van der Waals surface area contributed by atoms with Crippen LogP contribution in [0.4, 0.5) is 10.1 Å². The van der Waals surface area contributed by atoms with Crippen molar-refractivity contribution in [1.29, 1.82) is 0 Å². The number of hydrogen-bond acceptors (Lipinski definition) is 6. The monoisotopic (exact) mass is 474 g/mol. The zero-order valence-electron chi connectivity index (χ0n) is 19.3. The van der Waals surface area contributed by atoms with Gasteiger partial charge in [0.15, 0.2) is 11.6 Å². The van der Waals surface area contributed by atoms with Crippen LogP contribution in [0.1, 0.15) is 30.5 Å². The maximum Gasteiger partial charge on any atom is 0.276 e. The van der Waals surface area contributed by atoms with Crippen molar-refractivity contribution in [2.45, 2.75) is 33.3 Å². The van der Waals surface area contributed by atoms with Crippen molar-refractivity contribution in [1.82, 2.24) is 4.98 Å². The number of nitro groups is 1. The molecule has 4 rings (SSSR count). The van der Waals surface area contributed by atoms with Crippen LogP contribution in [0.2, 0.25) is 0 Å². The molecule has 0 spiro atoms. The largest absolute Gasteiger partial charge is 0.489 e. The first kappa shape index (κ1) is 23.8. The first-order valence-corrected chi connectivity index (χ1v) is 11.1. The number of nitrogens with zero attached hydrogens (tertiary/aromatic N) is 2. The number of halogens is 1. The molecule has 0 atom stereocenters. The highest BCUT2D eigenvalue weighted by atomic mass is 19.1. The van der Waals surface area contributed by atoms with Crippen LogP contribution >= 0.6 is 0 Å². The van der Waals surface area contributed by atoms with Crippen molar-refractivity contribution >= 4 is 22.4 Å². The lowest BCUT2D eigenvalue weighted by Crippen LogP contribution is -2.06. The Balaban J connectivity index is 1.70. The predicted octanol–water partition coefficient (Wildman–Crippen LogP) is 6.35. The molecule has 0 saturated heterocycles. The molecule has 1 aromatic heterocycles. The molecule has 0 unspecified atom stereocenters. The van der Waals surface area contributed by atoms with Gasteiger partial charge in [0, 0.05) is 30.1 Å². The number of benzene rings is 3. The van der Waals surface area contributed by atoms with Crippen LogP contribution in [-0.4, -0.2) is 15.7 Å². The first-order chi connectivity index (χ1) is 16.9. The van der Waals surface area contributed by atoms with E-state index in [0.29, 0.717) is 35.4 Å². The Morgan fingerprint density at radius 3 is 2.51 bits per heavy atom. The molecule has 0 aliphatic carbocycles. The molecule has 178 valence electrons. The van der Waals surface area contributed by atoms with E-state index in [-0.39, 0.29) is 11.3 Å². The van der Waals surface area contributed by atoms with Gasteiger partial charge in [-0.05, 0) is 42.7 Å². The Morgan fingerprint density at radius 2 is 1.83 bits per heavy atom. The summed E-state index contributed by atoms with van der Waals surface area (Å²) in [6, 6.07) is 17.4. The highest BCUT2D eigenvalue weighted by Crippen LogP contribution is 2.37. The molecule has 0 radical (unpaired) electrons. The van der Waals surface area contributed by atoms with E-state index in [1.807, 2.05) is 49.4 Å². The van der Waals surface area contributed by atoms with Gasteiger partial charge in [-0.3, -0.25) is 19.9 Å². The minimum atomic E-state index is -0.933. The van der Waals surface area contributed by atoms with Gasteiger partial charge >= 0.3 is 0 Å². The SMILES string of the molecule is CCc1cc2c(Oc3ccc([N+](=O)[O-])c(CC(C)=O)c3F)ccnc2cc1OCc1ccccc1. The van der Waals surface area contributed by atoms with Crippen LogP contribution in [0.3, 0.4) is 0 Å². The average molecular weight is 474 g/mol. The van der Waals surface area contributed by atoms with Crippen molar-refractivity contribution in [2.24, 2.45) is 0 Å². The second kappa shape index (κ2) is 10.3. The van der Waals surface area contributed by atoms with Crippen molar-refractivity contribution in [2.75, 3.05) is 0 Å². The smallest absolute Gasteiger partial charge is 0.276 e. The lowest BCUT2D eigenvalue weighted by molar-refractivity contribution is -0.385. The minimum Gasteiger partial charge on any atom is -0.489 e. The van der Waals surface area contributed by atoms with Crippen molar-refractivity contribution in [3.8, 4) is 17.2 Å². The zero-order chi connectivity index (χ0) is 24.9. The van der Waals surface area contributed by atoms with E-state index in [1.165, 1.54) is 19.2 Å². The number of Topliss-reactive ketones (excluding diaryl/α,β-unsaturated/α-hetero) is 1. The molecule has 3 aromatic carbocycles. The molecule has 8 heteroatoms. The molecule has 4 aromatic rings. The molecule has 0 fully saturated rings. The molecule has 1 heterocycles. The maximum atomic E-state index is 15.2. The number of aromatic nitrogens is 1. The summed E-state index contributed by atoms with van der Waals surface area (Å²) in [6.07, 6.45) is 1.81. The third-order valence-electron chi connectivity index (χ3n) is 5.53. The van der Waals surface area contributed by atoms with E-state index in [1.54, 1.807) is 6.07 Å². The first-order valence-electron chi connectivity index (χ1n) is 11.1. The molecular weight excluding hydrogens is 451 g/mol. The molecule has 0 amide bonds. The second-order valence-corrected chi connectivity index (χ2v) is 8.03. The fourth-order valence-electron chi connectivity index (χ4n) is 3.80. The zero-order valence-corrected chi connectivity index (χ0v) is 19.3. The summed E-state index contributed by atoms with van der Waals surface area (Å²) in [5, 5.41) is 12.0. The van der Waals surface area contributed by atoms with E-state index in [0.717, 1.165) is 17.2 Å². The Bertz CT molecular complexity index is 1410. The number of ether oxygens (including phenoxy) is 2. The van der Waals surface area contributed by atoms with Gasteiger partial charge in [0.05, 0.1) is 16.0 Å². The van der Waals surface area contributed by atoms with E-state index < -0.39 is 28.6 Å². The van der Waals surface area contributed by atoms with Crippen LogP contribution < -0.4 is 9.47 Å². The molecule has 0 aliphatic heterocycles. The van der Waals surface area contributed by atoms with Gasteiger partial charge in [-0.2, -0.15) is 0 Å². The topological polar surface area (TPSA) is 91.6 Å². The highest BCUT2D eigenvalue weighted by molar-refractivity contribution is 5.87. The molecule has 0 saturated carbocycles. The number of hydrogen-bond donors (Lipinski definition) is 0. The van der Waals surface area contributed by atoms with Gasteiger partial charge in [0.1, 0.15) is 23.9 Å². The summed E-state index contributed by atoms with van der Waals surface area (Å²) in [5.41, 5.74) is 1.79. The number of aryl methyl sites for hydroxylation is 1. The normalized spacial score (nSPS) is 10.8. The Kier molecular flexibility index (Phi) is 7.01. The summed E-state index contributed by atoms with van der Waals surface area (Å²) in [5.74, 6) is -0.506. The summed E-state index contributed by atoms with van der Waals surface area (Å²) in [7, 11) is 0. The number of nitro benzene ring substituents is 1. The van der Waals surface area contributed by atoms with Gasteiger partial charge < -0.3 is 9.47 Å². The number of fused-ring (bicyclic) bond motifs is 1. The fraction of sp³-hybridized carbons (Fsp3) is 0.185. The summed E-state index contributed by atoms with van der Waals surface area (Å²) < 4.78 is 27.1. The van der Waals surface area contributed by atoms with E-state index >= 15 is 4.39 Å². The molecule has 0 N–H and O–H groups in total. The predicted molar refractivity (Wildman–Crippen MR) is 129 cm³/mol. The Hall–Kier alpha value is -4.33. The standard InChI is InChI=1S/C27H23FN2O5/c1-3-19-14-20-22(15-26(19)34-16-18-7-5-4-6-8-18)29-12-11-24(20)35-25-10-9-23(30(32)33)21(27(25)28)13-17(2)31/h4-12,14-15H,3,13,16H2,1-2H3. The lowest BCUT2D eigenvalue weighted by Gasteiger charge is -2.15. The lowest BCUT2D eigenvalue weighted by atomic mass is 10.1. The molecule has 35 heavy (non-hydrogen) atoms. The minimum absolute atomic E-state index is 0.207. The third kappa shape index (κ3) is 5.27. The third-order valence-corrected chi connectivity index (χ3v) is 5.53. The van der Waals surface area contributed by atoms with Crippen molar-refractivity contribution in [3.05, 3.63) is 99.5 Å². The quantitative estimate of drug-likeness (QED) is 0.207. The van der Waals surface area contributed by atoms with Gasteiger partial charge in [-0.15, -0.1) is 0 Å². The van der Waals surface area contributed by atoms with E-state index in [9.17, 15) is 14.9 Å². The van der Waals surface area contributed by atoms with Gasteiger partial charge in [-0.1, -0.05) is 37.3 Å². The molecule has 0 aliphatic rings. The Morgan fingerprint density at radius 1 is 1.06 bits per heavy atom. The fourth-order valence-corrected chi connectivity index (χ4v) is 3.80. The summed E-state index contributed by atoms with van der Waals surface area (Å²) in [6.45, 7) is 3.65. The molecule has 0 bridgehead atoms. The molecule has 7 nitrogen and oxygen atoms in total. The van der Waals surface area contributed by atoms with Crippen LogP contribution in [0.25, 0.3) is 10.9 Å². The number of carbonyl (C=O) groups is 1. The van der Waals surface area contributed by atoms with Crippen molar-refractivity contribution in [3.63, 3.8) is 0 Å². The van der Waals surface area contributed by atoms with Gasteiger partial charge in [0.2, 0.25) is 0 Å². The summed E-state index contributed by atoms with van der Waals surface area (Å²) >= 11 is 0. The number of pyridine rings is 1. The van der Waals surface area contributed by atoms with Crippen LogP contribution in [0, 0.1) is 15.9 Å². The van der Waals surface area contributed by atoms with Gasteiger partial charge in [0.25, 0.3) is 5.69 Å². The van der Waals surface area contributed by atoms with Crippen LogP contribution in [0.5, 0.6) is 17.2 Å². The number of carbonyl (C=O) groups excluding carboxylic acids is 1. The van der Waals surface area contributed by atoms with Crippen LogP contribution in [-0.2, 0) is 24.2 Å². The molecular formula is C27H23FN2O5. The second-order valence-electron chi connectivity index (χ2n) is 8.03. The van der Waals surface area contributed by atoms with Gasteiger partial charge in [-0.25, -0.2) is 4.39 Å². The number of rotatable bonds is 9. The van der Waals surface area contributed by atoms with Crippen LogP contribution in [0.15, 0.2) is 66.9 Å². The van der Waals surface area contributed by atoms with E-state index in [4.69, 9.17) is 9.47 Å². The number of ketones is 1. The summed E-state index contributed by atoms with van der Waals surface area (Å²) in [4.78, 5) is 26.6. The van der Waals surface area contributed by atoms with Crippen molar-refractivity contribution < 1.29 is 23.6 Å². The Labute approximate surface area is 201 Å². The van der Waals surface area contributed by atoms with E-state index in [2.05, 4.69) is 4.98 Å². The maximum absolute atomic E-state index is 15.2.